The van der Waals surface area contributed by atoms with Crippen LogP contribution >= 0.6 is 0 Å². The first kappa shape index (κ1) is 33.5. The summed E-state index contributed by atoms with van der Waals surface area (Å²) in [5, 5.41) is 19.3. The summed E-state index contributed by atoms with van der Waals surface area (Å²) in [5.41, 5.74) is -0.0159. The highest BCUT2D eigenvalue weighted by atomic mass is 16.5. The van der Waals surface area contributed by atoms with Gasteiger partial charge in [-0.3, -0.25) is 14.4 Å². The predicted octanol–water partition coefficient (Wildman–Crippen LogP) is 4.18. The number of para-hydroxylation sites is 2. The maximum absolute atomic E-state index is 15.1. The number of anilines is 1. The quantitative estimate of drug-likeness (QED) is 0.259. The molecule has 254 valence electrons. The second kappa shape index (κ2) is 13.3. The highest BCUT2D eigenvalue weighted by Gasteiger charge is 2.79. The van der Waals surface area contributed by atoms with E-state index in [9.17, 15) is 14.7 Å². The third-order valence-corrected chi connectivity index (χ3v) is 10.5. The number of ether oxygens (including phenoxy) is 1. The second-order valence-corrected chi connectivity index (χ2v) is 13.7. The molecule has 3 fully saturated rings. The number of hydrogen-bond acceptors (Lipinski definition) is 7. The zero-order valence-electron chi connectivity index (χ0n) is 28.1. The molecule has 2 bridgehead atoms. The summed E-state index contributed by atoms with van der Waals surface area (Å²) < 4.78 is 8.72. The van der Waals surface area contributed by atoms with E-state index in [1.165, 1.54) is 0 Å². The third kappa shape index (κ3) is 5.33. The Labute approximate surface area is 281 Å². The van der Waals surface area contributed by atoms with Crippen molar-refractivity contribution in [3.63, 3.8) is 0 Å². The number of nitrogens with zero attached hydrogens (tertiary/aromatic N) is 6. The Morgan fingerprint density at radius 1 is 1.06 bits per heavy atom. The van der Waals surface area contributed by atoms with E-state index in [-0.39, 0.29) is 50.0 Å². The van der Waals surface area contributed by atoms with Gasteiger partial charge >= 0.3 is 0 Å². The average Bonchev–Trinajstić information content (AvgIpc) is 3.82. The van der Waals surface area contributed by atoms with E-state index in [0.717, 1.165) is 5.52 Å². The molecule has 1 aromatic heterocycles. The number of hydrogen-bond donors (Lipinski definition) is 1. The molecule has 3 amide bonds. The standard InChI is InChI=1S/C37H46N6O5/c1-6-20-40(24-42-29-17-13-12-16-28(29)38-39-42)35(47)32-37-19-18-36(8-3,48-37)30(31(37)34(46)43(32)27(23-44)22-25(4)5)33(45)41(21-7-2)26-14-10-9-11-15-26/h6-7,9-17,25,27,30-32,44H,1-2,8,18-24H2,3-5H3/t27-,30+,31+,32?,36-,37?/m1/s1. The van der Waals surface area contributed by atoms with E-state index in [1.54, 1.807) is 31.5 Å². The van der Waals surface area contributed by atoms with Gasteiger partial charge in [0, 0.05) is 18.8 Å². The van der Waals surface area contributed by atoms with Crippen LogP contribution in [-0.2, 0) is 25.8 Å². The number of carbonyl (C=O) groups is 3. The lowest BCUT2D eigenvalue weighted by Crippen LogP contribution is -2.59. The van der Waals surface area contributed by atoms with Gasteiger partial charge in [0.25, 0.3) is 0 Å². The minimum Gasteiger partial charge on any atom is -0.394 e. The van der Waals surface area contributed by atoms with Crippen LogP contribution in [0.15, 0.2) is 79.9 Å². The number of benzene rings is 2. The highest BCUT2D eigenvalue weighted by molar-refractivity contribution is 6.03. The maximum Gasteiger partial charge on any atom is 0.250 e. The summed E-state index contributed by atoms with van der Waals surface area (Å²) in [4.78, 5) is 49.7. The Morgan fingerprint density at radius 2 is 1.77 bits per heavy atom. The van der Waals surface area contributed by atoms with E-state index in [0.29, 0.717) is 36.9 Å². The highest BCUT2D eigenvalue weighted by Crippen LogP contribution is 2.65. The van der Waals surface area contributed by atoms with Crippen LogP contribution in [0.3, 0.4) is 0 Å². The van der Waals surface area contributed by atoms with Crippen LogP contribution in [0.2, 0.25) is 0 Å². The van der Waals surface area contributed by atoms with E-state index in [4.69, 9.17) is 4.74 Å². The number of aromatic nitrogens is 3. The monoisotopic (exact) mass is 654 g/mol. The summed E-state index contributed by atoms with van der Waals surface area (Å²) in [6.07, 6.45) is 5.27. The smallest absolute Gasteiger partial charge is 0.250 e. The topological polar surface area (TPSA) is 121 Å². The number of fused-ring (bicyclic) bond motifs is 2. The van der Waals surface area contributed by atoms with Crippen molar-refractivity contribution in [2.75, 3.05) is 24.6 Å². The zero-order chi connectivity index (χ0) is 34.2. The van der Waals surface area contributed by atoms with Gasteiger partial charge in [0.1, 0.15) is 23.8 Å². The van der Waals surface area contributed by atoms with Crippen molar-refractivity contribution >= 4 is 34.4 Å². The molecule has 3 aromatic rings. The van der Waals surface area contributed by atoms with Gasteiger partial charge in [0.05, 0.1) is 35.6 Å². The van der Waals surface area contributed by atoms with Gasteiger partial charge in [-0.15, -0.1) is 18.3 Å². The van der Waals surface area contributed by atoms with Gasteiger partial charge in [-0.1, -0.05) is 68.5 Å². The Hall–Kier alpha value is -4.35. The molecule has 3 aliphatic heterocycles. The SMILES string of the molecule is C=CCN(Cn1nnc2ccccc21)C(=O)C1N([C@@H](CO)CC(C)C)C(=O)[C@@H]2[C@@H](C(=O)N(CC=C)c3ccccc3)[C@@]3(CC)CCC12O3. The predicted molar refractivity (Wildman–Crippen MR) is 182 cm³/mol. The molecule has 0 saturated carbocycles. The number of aliphatic hydroxyl groups excluding tert-OH is 1. The van der Waals surface area contributed by atoms with Gasteiger partial charge in [-0.2, -0.15) is 0 Å². The molecule has 0 radical (unpaired) electrons. The van der Waals surface area contributed by atoms with Crippen molar-refractivity contribution in [3.05, 3.63) is 79.9 Å². The van der Waals surface area contributed by atoms with Crippen LogP contribution in [0.25, 0.3) is 11.0 Å². The molecule has 11 heteroatoms. The van der Waals surface area contributed by atoms with Crippen LogP contribution in [0, 0.1) is 17.8 Å². The molecule has 6 rings (SSSR count). The Bertz CT molecular complexity index is 1690. The van der Waals surface area contributed by atoms with E-state index in [2.05, 4.69) is 23.5 Å². The molecular formula is C37H46N6O5. The van der Waals surface area contributed by atoms with Crippen molar-refractivity contribution in [2.24, 2.45) is 17.8 Å². The lowest BCUT2D eigenvalue weighted by atomic mass is 9.64. The first-order valence-electron chi connectivity index (χ1n) is 16.9. The van der Waals surface area contributed by atoms with E-state index in [1.807, 2.05) is 75.4 Å². The van der Waals surface area contributed by atoms with Crippen molar-refractivity contribution in [2.45, 2.75) is 76.4 Å². The zero-order valence-corrected chi connectivity index (χ0v) is 28.1. The molecule has 6 atom stereocenters. The molecule has 4 heterocycles. The molecule has 3 aliphatic rings. The van der Waals surface area contributed by atoms with Gasteiger partial charge in [0.15, 0.2) is 0 Å². The van der Waals surface area contributed by atoms with Crippen LogP contribution in [-0.4, -0.2) is 90.6 Å². The lowest BCUT2D eigenvalue weighted by molar-refractivity contribution is -0.157. The van der Waals surface area contributed by atoms with Crippen LogP contribution in [0.5, 0.6) is 0 Å². The number of aliphatic hydroxyl groups is 1. The van der Waals surface area contributed by atoms with Crippen molar-refractivity contribution in [1.82, 2.24) is 24.8 Å². The average molecular weight is 655 g/mol. The summed E-state index contributed by atoms with van der Waals surface area (Å²) in [6.45, 7) is 14.0. The van der Waals surface area contributed by atoms with Crippen LogP contribution in [0.1, 0.15) is 46.5 Å². The van der Waals surface area contributed by atoms with Crippen molar-refractivity contribution < 1.29 is 24.2 Å². The largest absolute Gasteiger partial charge is 0.394 e. The van der Waals surface area contributed by atoms with Crippen LogP contribution < -0.4 is 4.90 Å². The number of rotatable bonds is 14. The van der Waals surface area contributed by atoms with Gasteiger partial charge in [0.2, 0.25) is 17.7 Å². The fourth-order valence-electron chi connectivity index (χ4n) is 8.48. The van der Waals surface area contributed by atoms with Crippen LogP contribution in [0.4, 0.5) is 5.69 Å². The van der Waals surface area contributed by atoms with Crippen molar-refractivity contribution in [1.29, 1.82) is 0 Å². The summed E-state index contributed by atoms with van der Waals surface area (Å²) in [6, 6.07) is 15.2. The first-order valence-corrected chi connectivity index (χ1v) is 16.9. The van der Waals surface area contributed by atoms with E-state index >= 15 is 4.79 Å². The number of amides is 3. The normalized spacial score (nSPS) is 26.6. The Morgan fingerprint density at radius 3 is 2.44 bits per heavy atom. The summed E-state index contributed by atoms with van der Waals surface area (Å²) in [7, 11) is 0. The molecule has 1 N–H and O–H groups in total. The van der Waals surface area contributed by atoms with Gasteiger partial charge in [-0.25, -0.2) is 4.68 Å². The molecule has 0 aliphatic carbocycles. The maximum atomic E-state index is 15.1. The Kier molecular flexibility index (Phi) is 9.28. The minimum atomic E-state index is -1.25. The molecule has 2 aromatic carbocycles. The molecule has 11 nitrogen and oxygen atoms in total. The second-order valence-electron chi connectivity index (χ2n) is 13.7. The third-order valence-electron chi connectivity index (χ3n) is 10.5. The molecular weight excluding hydrogens is 608 g/mol. The summed E-state index contributed by atoms with van der Waals surface area (Å²) >= 11 is 0. The number of carbonyl (C=O) groups excluding carboxylic acids is 3. The molecule has 1 spiro atoms. The van der Waals surface area contributed by atoms with Gasteiger partial charge < -0.3 is 24.5 Å². The van der Waals surface area contributed by atoms with E-state index < -0.39 is 35.1 Å². The Balaban J connectivity index is 1.46. The first-order chi connectivity index (χ1) is 23.2. The van der Waals surface area contributed by atoms with Gasteiger partial charge in [-0.05, 0) is 55.9 Å². The lowest BCUT2D eigenvalue weighted by Gasteiger charge is -2.40. The number of likely N-dealkylation sites (tertiary alicyclic amines) is 1. The minimum absolute atomic E-state index is 0.0705. The molecule has 48 heavy (non-hydrogen) atoms. The fourth-order valence-corrected chi connectivity index (χ4v) is 8.48. The van der Waals surface area contributed by atoms with Crippen molar-refractivity contribution in [3.8, 4) is 0 Å². The summed E-state index contributed by atoms with van der Waals surface area (Å²) in [5.74, 6) is -2.47. The fraction of sp³-hybridized carbons (Fsp3) is 0.486. The molecule has 3 saturated heterocycles. The molecule has 2 unspecified atom stereocenters.